The lowest BCUT2D eigenvalue weighted by molar-refractivity contribution is 0.469. The monoisotopic (exact) mass is 177 g/mol. The zero-order valence-electron chi connectivity index (χ0n) is 7.06. The molecule has 0 aliphatic carbocycles. The highest BCUT2D eigenvalue weighted by Gasteiger charge is 2.32. The molecule has 0 aromatic rings. The van der Waals surface area contributed by atoms with E-state index in [0.717, 1.165) is 6.55 Å². The number of hydrogen-bond acceptors (Lipinski definition) is 1. The fraction of sp³-hybridized carbons (Fsp3) is 0.857. The van der Waals surface area contributed by atoms with Gasteiger partial charge in [0.15, 0.2) is 0 Å². The third-order valence-corrected chi connectivity index (χ3v) is 3.10. The first-order valence-electron chi connectivity index (χ1n) is 3.64. The number of rotatable bonds is 3. The predicted octanol–water partition coefficient (Wildman–Crippen LogP) is 2.79. The van der Waals surface area contributed by atoms with Crippen LogP contribution in [0.1, 0.15) is 13.8 Å². The van der Waals surface area contributed by atoms with Gasteiger partial charge in [-0.2, -0.15) is 5.26 Å². The van der Waals surface area contributed by atoms with E-state index in [0.29, 0.717) is 0 Å². The number of halogens is 2. The van der Waals surface area contributed by atoms with Crippen LogP contribution in [0, 0.1) is 23.2 Å². The Bertz CT molecular complexity index is 159. The van der Waals surface area contributed by atoms with Crippen molar-refractivity contribution in [3.05, 3.63) is 0 Å². The molecule has 1 nitrogen and oxygen atoms in total. The van der Waals surface area contributed by atoms with Crippen LogP contribution in [0.4, 0.5) is 8.22 Å². The molecule has 0 rings (SSSR count). The van der Waals surface area contributed by atoms with Crippen LogP contribution in [0.25, 0.3) is 0 Å². The molecule has 64 valence electrons. The van der Waals surface area contributed by atoms with Gasteiger partial charge in [0.1, 0.15) is 0 Å². The molecule has 2 atom stereocenters. The summed E-state index contributed by atoms with van der Waals surface area (Å²) in [5.41, 5.74) is 0. The van der Waals surface area contributed by atoms with Crippen LogP contribution in [0.5, 0.6) is 0 Å². The molecule has 4 heteroatoms. The lowest BCUT2D eigenvalue weighted by Crippen LogP contribution is -2.22. The maximum absolute atomic E-state index is 12.5. The maximum Gasteiger partial charge on any atom is 0.422 e. The normalized spacial score (nSPS) is 17.1. The summed E-state index contributed by atoms with van der Waals surface area (Å²) >= 11 is 0. The average Bonchev–Trinajstić information content (AvgIpc) is 1.82. The van der Waals surface area contributed by atoms with Crippen molar-refractivity contribution in [2.75, 3.05) is 0 Å². The van der Waals surface area contributed by atoms with Gasteiger partial charge in [-0.1, -0.05) is 6.92 Å². The third kappa shape index (κ3) is 4.91. The number of nitriles is 1. The Morgan fingerprint density at radius 1 is 1.45 bits per heavy atom. The summed E-state index contributed by atoms with van der Waals surface area (Å²) in [6.45, 7) is 4.41. The minimum absolute atomic E-state index is 0.0677. The van der Waals surface area contributed by atoms with Crippen LogP contribution < -0.4 is 0 Å². The first-order chi connectivity index (χ1) is 4.87. The Hall–Kier alpha value is -0.433. The molecule has 0 saturated carbocycles. The quantitative estimate of drug-likeness (QED) is 0.480. The van der Waals surface area contributed by atoms with E-state index in [1.807, 2.05) is 6.07 Å². The molecule has 2 unspecified atom stereocenters. The van der Waals surface area contributed by atoms with Gasteiger partial charge in [-0.05, 0) is 19.4 Å². The smallest absolute Gasteiger partial charge is 0.271 e. The Morgan fingerprint density at radius 2 is 1.91 bits per heavy atom. The van der Waals surface area contributed by atoms with E-state index in [1.165, 1.54) is 0 Å². The highest BCUT2D eigenvalue weighted by molar-refractivity contribution is 6.64. The molecule has 0 saturated heterocycles. The molecule has 0 bridgehead atoms. The van der Waals surface area contributed by atoms with E-state index in [1.54, 1.807) is 13.8 Å². The van der Waals surface area contributed by atoms with Gasteiger partial charge in [0.2, 0.25) is 0 Å². The van der Waals surface area contributed by atoms with E-state index in [-0.39, 0.29) is 17.9 Å². The van der Waals surface area contributed by atoms with E-state index >= 15 is 0 Å². The van der Waals surface area contributed by atoms with Gasteiger partial charge in [-0.15, -0.1) is 0 Å². The van der Waals surface area contributed by atoms with Gasteiger partial charge in [-0.3, -0.25) is 8.22 Å². The van der Waals surface area contributed by atoms with Crippen LogP contribution in [0.2, 0.25) is 12.6 Å². The lowest BCUT2D eigenvalue weighted by Gasteiger charge is -2.15. The number of nitrogens with zero attached hydrogens (tertiary/aromatic N) is 1. The van der Waals surface area contributed by atoms with Gasteiger partial charge >= 0.3 is 8.74 Å². The first-order valence-corrected chi connectivity index (χ1v) is 6.10. The molecule has 0 aliphatic heterocycles. The zero-order valence-corrected chi connectivity index (χ0v) is 8.06. The largest absolute Gasteiger partial charge is 0.422 e. The Balaban J connectivity index is 3.90. The zero-order chi connectivity index (χ0) is 9.07. The first kappa shape index (κ1) is 10.6. The molecular formula is C7H13F2NSi. The van der Waals surface area contributed by atoms with Crippen molar-refractivity contribution in [3.63, 3.8) is 0 Å². The van der Waals surface area contributed by atoms with Crippen molar-refractivity contribution in [1.29, 1.82) is 5.26 Å². The van der Waals surface area contributed by atoms with Crippen LogP contribution >= 0.6 is 0 Å². The van der Waals surface area contributed by atoms with Gasteiger partial charge in [0, 0.05) is 12.0 Å². The Labute approximate surface area is 67.4 Å². The summed E-state index contributed by atoms with van der Waals surface area (Å²) in [7, 11) is -3.95. The second-order valence-corrected chi connectivity index (χ2v) is 5.72. The van der Waals surface area contributed by atoms with E-state index in [4.69, 9.17) is 5.26 Å². The molecule has 0 spiro atoms. The van der Waals surface area contributed by atoms with Crippen LogP contribution in [-0.2, 0) is 0 Å². The summed E-state index contributed by atoms with van der Waals surface area (Å²) in [6, 6.07) is 1.91. The second kappa shape index (κ2) is 3.81. The summed E-state index contributed by atoms with van der Waals surface area (Å²) in [4.78, 5) is 0. The summed E-state index contributed by atoms with van der Waals surface area (Å²) in [5.74, 6) is -0.431. The van der Waals surface area contributed by atoms with Gasteiger partial charge in [0.05, 0.1) is 6.07 Å². The molecule has 0 heterocycles. The molecule has 0 aliphatic rings. The number of hydrogen-bond donors (Lipinski definition) is 0. The minimum atomic E-state index is -3.95. The fourth-order valence-electron chi connectivity index (χ4n) is 0.869. The fourth-order valence-corrected chi connectivity index (χ4v) is 2.35. The summed E-state index contributed by atoms with van der Waals surface area (Å²) in [6.07, 6.45) is 0. The third-order valence-electron chi connectivity index (χ3n) is 1.74. The Kier molecular flexibility index (Phi) is 3.66. The topological polar surface area (TPSA) is 23.8 Å². The van der Waals surface area contributed by atoms with E-state index in [2.05, 4.69) is 0 Å². The lowest BCUT2D eigenvalue weighted by atomic mass is 10.00. The van der Waals surface area contributed by atoms with Crippen LogP contribution in [0.15, 0.2) is 0 Å². The van der Waals surface area contributed by atoms with Crippen molar-refractivity contribution >= 4 is 8.74 Å². The second-order valence-electron chi connectivity index (χ2n) is 3.17. The molecule has 0 aromatic heterocycles. The maximum atomic E-state index is 12.5. The van der Waals surface area contributed by atoms with Gasteiger partial charge in [-0.25, -0.2) is 0 Å². The van der Waals surface area contributed by atoms with Gasteiger partial charge in [0.25, 0.3) is 0 Å². The molecule has 11 heavy (non-hydrogen) atoms. The highest BCUT2D eigenvalue weighted by Crippen LogP contribution is 2.24. The van der Waals surface area contributed by atoms with E-state index in [9.17, 15) is 8.22 Å². The van der Waals surface area contributed by atoms with Crippen molar-refractivity contribution < 1.29 is 8.22 Å². The molecular weight excluding hydrogens is 164 g/mol. The molecule has 0 radical (unpaired) electrons. The van der Waals surface area contributed by atoms with E-state index < -0.39 is 8.74 Å². The average molecular weight is 177 g/mol. The SMILES string of the molecule is CC(C#N)C(C)C[Si](C)(F)F. The molecule has 0 fully saturated rings. The highest BCUT2D eigenvalue weighted by atomic mass is 28.4. The summed E-state index contributed by atoms with van der Waals surface area (Å²) in [5, 5.41) is 8.42. The summed E-state index contributed by atoms with van der Waals surface area (Å²) < 4.78 is 25.0. The molecule has 0 N–H and O–H groups in total. The van der Waals surface area contributed by atoms with Crippen molar-refractivity contribution in [2.45, 2.75) is 26.4 Å². The van der Waals surface area contributed by atoms with Gasteiger partial charge < -0.3 is 0 Å². The van der Waals surface area contributed by atoms with Crippen molar-refractivity contribution in [1.82, 2.24) is 0 Å². The van der Waals surface area contributed by atoms with Crippen LogP contribution in [-0.4, -0.2) is 8.74 Å². The predicted molar refractivity (Wildman–Crippen MR) is 42.6 cm³/mol. The molecule has 0 amide bonds. The molecule has 0 aromatic carbocycles. The standard InChI is InChI=1S/C7H13F2NSi/c1-6(4-10)7(2)5-11(3,8)9/h6-7H,5H2,1-3H3. The van der Waals surface area contributed by atoms with Crippen molar-refractivity contribution in [3.8, 4) is 6.07 Å². The van der Waals surface area contributed by atoms with Crippen LogP contribution in [0.3, 0.4) is 0 Å². The minimum Gasteiger partial charge on any atom is -0.271 e. The Morgan fingerprint density at radius 3 is 2.18 bits per heavy atom. The van der Waals surface area contributed by atoms with Crippen molar-refractivity contribution in [2.24, 2.45) is 11.8 Å².